The van der Waals surface area contributed by atoms with E-state index in [1.165, 1.54) is 255 Å². The lowest BCUT2D eigenvalue weighted by Crippen LogP contribution is -2.59. The SMILES string of the molecule is c1ccc(-c2ccc(-c3ccc4c(c3)-c3ccccc3B3c5ccccc5-c5ccccc5N34)cc2)cc1.c1ccc(-c2ccc3c(c2)-c2ccccc2B2c4ccccc4-c4ccccc4N23)cc1.c1ccc2c(c1)B1c3ccccc3-c3cc(-c4ccc5ccccc5c4)ccc3N1c1ccccc1-2.c1ccc2c(c1)B1c3ccccc3-c3cc(-c4cccc5ccccc45)ccc3N1c1ccccc1-2. The molecule has 0 spiro atoms. The van der Waals surface area contributed by atoms with E-state index in [4.69, 9.17) is 0 Å². The Morgan fingerprint density at radius 3 is 0.662 bits per heavy atom. The smallest absolute Gasteiger partial charge is 0.329 e. The topological polar surface area (TPSA) is 13.0 Å². The summed E-state index contributed by atoms with van der Waals surface area (Å²) in [6, 6.07) is 195. The van der Waals surface area contributed by atoms with E-state index in [0.717, 1.165) is 0 Å². The summed E-state index contributed by atoms with van der Waals surface area (Å²) in [5, 5.41) is 5.11. The number of anilines is 8. The van der Waals surface area contributed by atoms with Crippen LogP contribution in [0.2, 0.25) is 0 Å². The highest BCUT2D eigenvalue weighted by molar-refractivity contribution is 6.95. The van der Waals surface area contributed by atoms with Crippen LogP contribution in [0.3, 0.4) is 0 Å². The van der Waals surface area contributed by atoms with Gasteiger partial charge in [0, 0.05) is 90.0 Å². The monoisotopic (exact) mass is 1800 g/mol. The fourth-order valence-corrected chi connectivity index (χ4v) is 24.4. The molecule has 0 aromatic heterocycles. The Morgan fingerprint density at radius 2 is 0.310 bits per heavy atom. The van der Waals surface area contributed by atoms with Crippen molar-refractivity contribution in [3.8, 4) is 145 Å². The number of hydrogen-bond acceptors (Lipinski definition) is 4. The molecule has 23 aromatic carbocycles. The summed E-state index contributed by atoms with van der Waals surface area (Å²) in [5.74, 6) is 0. The molecule has 0 radical (unpaired) electrons. The van der Waals surface area contributed by atoms with Crippen molar-refractivity contribution < 1.29 is 0 Å². The van der Waals surface area contributed by atoms with E-state index >= 15 is 0 Å². The maximum atomic E-state index is 2.56. The molecular formula is C134H88B4N4. The van der Waals surface area contributed by atoms with Gasteiger partial charge < -0.3 is 19.2 Å². The molecule has 142 heavy (non-hydrogen) atoms. The van der Waals surface area contributed by atoms with Gasteiger partial charge in [0.05, 0.1) is 0 Å². The summed E-state index contributed by atoms with van der Waals surface area (Å²) >= 11 is 0. The van der Waals surface area contributed by atoms with Crippen LogP contribution in [-0.4, -0.2) is 27.4 Å². The fourth-order valence-electron chi connectivity index (χ4n) is 24.4. The lowest BCUT2D eigenvalue weighted by Gasteiger charge is -2.43. The van der Waals surface area contributed by atoms with Crippen molar-refractivity contribution in [2.75, 3.05) is 19.2 Å². The molecule has 4 nitrogen and oxygen atoms in total. The lowest BCUT2D eigenvalue weighted by molar-refractivity contribution is 1.35. The van der Waals surface area contributed by atoms with Crippen molar-refractivity contribution in [1.29, 1.82) is 0 Å². The van der Waals surface area contributed by atoms with Gasteiger partial charge in [-0.05, 0) is 244 Å². The molecule has 0 atom stereocenters. The highest BCUT2D eigenvalue weighted by atomic mass is 15.1. The first-order valence-corrected chi connectivity index (χ1v) is 49.5. The van der Waals surface area contributed by atoms with Gasteiger partial charge in [-0.3, -0.25) is 0 Å². The Morgan fingerprint density at radius 1 is 0.106 bits per heavy atom. The van der Waals surface area contributed by atoms with E-state index in [2.05, 4.69) is 553 Å². The number of hydrogen-bond donors (Lipinski definition) is 0. The van der Waals surface area contributed by atoms with Crippen LogP contribution in [0.5, 0.6) is 0 Å². The van der Waals surface area contributed by atoms with Crippen molar-refractivity contribution in [1.82, 2.24) is 0 Å². The van der Waals surface area contributed by atoms with Crippen molar-refractivity contribution in [2.24, 2.45) is 0 Å². The summed E-state index contributed by atoms with van der Waals surface area (Å²) in [5.41, 5.74) is 54.6. The number of fused-ring (bicyclic) bond motifs is 46. The zero-order chi connectivity index (χ0) is 93.4. The second-order valence-electron chi connectivity index (χ2n) is 38.2. The molecular weight excluding hydrogens is 1710 g/mol. The minimum absolute atomic E-state index is 0.154. The second kappa shape index (κ2) is 34.0. The van der Waals surface area contributed by atoms with Crippen LogP contribution >= 0.6 is 0 Å². The Labute approximate surface area is 829 Å². The highest BCUT2D eigenvalue weighted by Crippen LogP contribution is 2.54. The zero-order valence-electron chi connectivity index (χ0n) is 77.9. The molecule has 23 aromatic rings. The van der Waals surface area contributed by atoms with Crippen molar-refractivity contribution >= 4 is 138 Å². The maximum absolute atomic E-state index is 2.56. The minimum Gasteiger partial charge on any atom is -0.376 e. The van der Waals surface area contributed by atoms with Gasteiger partial charge in [-0.25, -0.2) is 0 Å². The average molecular weight is 1800 g/mol. The van der Waals surface area contributed by atoms with Gasteiger partial charge in [-0.1, -0.05) is 455 Å². The Hall–Kier alpha value is -18.0. The summed E-state index contributed by atoms with van der Waals surface area (Å²) in [4.78, 5) is 10.2. The van der Waals surface area contributed by atoms with Gasteiger partial charge in [-0.15, -0.1) is 0 Å². The highest BCUT2D eigenvalue weighted by Gasteiger charge is 2.47. The van der Waals surface area contributed by atoms with Crippen LogP contribution in [0.1, 0.15) is 0 Å². The first kappa shape index (κ1) is 82.3. The molecule has 0 saturated carbocycles. The third-order valence-electron chi connectivity index (χ3n) is 30.7. The third kappa shape index (κ3) is 13.4. The quantitative estimate of drug-likeness (QED) is 0.159. The van der Waals surface area contributed by atoms with E-state index in [1.54, 1.807) is 0 Å². The third-order valence-corrected chi connectivity index (χ3v) is 30.7. The summed E-state index contributed by atoms with van der Waals surface area (Å²) in [6.45, 7) is 0.641. The normalized spacial score (nSPS) is 12.8. The van der Waals surface area contributed by atoms with E-state index in [0.29, 0.717) is 0 Å². The number of benzene rings is 23. The molecule has 0 fully saturated rings. The largest absolute Gasteiger partial charge is 0.376 e. The van der Waals surface area contributed by atoms with Crippen LogP contribution in [0, 0.1) is 0 Å². The molecule has 31 rings (SSSR count). The van der Waals surface area contributed by atoms with Crippen LogP contribution < -0.4 is 62.9 Å². The van der Waals surface area contributed by atoms with E-state index in [1.807, 2.05) is 0 Å². The predicted octanol–water partition coefficient (Wildman–Crippen LogP) is 29.0. The molecule has 0 unspecified atom stereocenters. The Bertz CT molecular complexity index is 9010. The molecule has 0 amide bonds. The summed E-state index contributed by atoms with van der Waals surface area (Å²) in [7, 11) is 0. The first-order valence-electron chi connectivity index (χ1n) is 49.5. The van der Waals surface area contributed by atoms with Crippen molar-refractivity contribution in [2.45, 2.75) is 0 Å². The molecule has 8 aliphatic heterocycles. The fraction of sp³-hybridized carbons (Fsp3) is 0. The minimum atomic E-state index is 0.154. The summed E-state index contributed by atoms with van der Waals surface area (Å²) in [6.07, 6.45) is 0. The molecule has 0 N–H and O–H groups in total. The Balaban J connectivity index is 0.0000000926. The maximum Gasteiger partial charge on any atom is 0.329 e. The van der Waals surface area contributed by atoms with Gasteiger partial charge in [0.25, 0.3) is 0 Å². The standard InChI is InChI=1S/C36H24BN.2C34H22BN.C30H20BN/c1-2-10-25(11-3-1)26-18-20-27(21-19-26)28-22-23-36-32(24-28)30-13-5-8-16-34(30)37-33-15-7-4-12-29(33)31-14-6-9-17-35(31)38(36)37;1-2-12-25-23(10-1)11-9-16-26(25)24-20-21-34-30(22-24)28-14-4-7-18-32(28)35-31-17-6-3-13-27(31)29-15-5-8-19-33(29)36(34)35;1-2-10-24-21-25(18-17-23(24)9-1)26-19-20-34-30(22-26)28-12-4-7-15-32(28)35-31-14-6-3-11-27(31)29-13-5-8-16-33(29)36(34)35;1-2-10-21(11-3-1)22-18-19-30-26(20-22)24-13-5-8-16-28(24)31-27-15-7-4-12-23(27)25-14-6-9-17-29(25)32(30)31/h1-24H;2*1-22H;1-20H. The van der Waals surface area contributed by atoms with Crippen LogP contribution in [0.15, 0.2) is 534 Å². The second-order valence-corrected chi connectivity index (χ2v) is 38.2. The van der Waals surface area contributed by atoms with Crippen molar-refractivity contribution in [3.63, 3.8) is 0 Å². The number of rotatable bonds is 5. The van der Waals surface area contributed by atoms with Gasteiger partial charge in [0.2, 0.25) is 0 Å². The zero-order valence-corrected chi connectivity index (χ0v) is 77.9. The molecule has 8 heterocycles. The first-order chi connectivity index (χ1) is 70.5. The van der Waals surface area contributed by atoms with Gasteiger partial charge in [-0.2, -0.15) is 0 Å². The molecule has 8 heteroatoms. The average Bonchev–Trinajstić information content (AvgIpc) is 0.720. The molecule has 0 bridgehead atoms. The van der Waals surface area contributed by atoms with Crippen LogP contribution in [-0.2, 0) is 0 Å². The van der Waals surface area contributed by atoms with Crippen molar-refractivity contribution in [3.05, 3.63) is 534 Å². The number of para-hydroxylation sites is 4. The number of nitrogens with zero attached hydrogens (tertiary/aromatic N) is 4. The van der Waals surface area contributed by atoms with Crippen LogP contribution in [0.4, 0.5) is 45.5 Å². The van der Waals surface area contributed by atoms with E-state index in [-0.39, 0.29) is 27.4 Å². The van der Waals surface area contributed by atoms with Gasteiger partial charge in [0.1, 0.15) is 0 Å². The van der Waals surface area contributed by atoms with Gasteiger partial charge >= 0.3 is 27.4 Å². The lowest BCUT2D eigenvalue weighted by atomic mass is 9.43. The molecule has 656 valence electrons. The van der Waals surface area contributed by atoms with Gasteiger partial charge in [0.15, 0.2) is 0 Å². The van der Waals surface area contributed by atoms with Crippen LogP contribution in [0.25, 0.3) is 166 Å². The Kier molecular flexibility index (Phi) is 19.7. The molecule has 0 aliphatic carbocycles. The predicted molar refractivity (Wildman–Crippen MR) is 606 cm³/mol. The van der Waals surface area contributed by atoms with E-state index in [9.17, 15) is 0 Å². The molecule has 0 saturated heterocycles. The summed E-state index contributed by atoms with van der Waals surface area (Å²) < 4.78 is 0. The molecule has 8 aliphatic rings. The van der Waals surface area contributed by atoms with E-state index < -0.39 is 0 Å².